The van der Waals surface area contributed by atoms with E-state index in [1.54, 1.807) is 18.0 Å². The lowest BCUT2D eigenvalue weighted by Gasteiger charge is -2.33. The van der Waals surface area contributed by atoms with E-state index in [1.165, 1.54) is 19.3 Å². The molecule has 0 aromatic carbocycles. The van der Waals surface area contributed by atoms with Gasteiger partial charge in [0, 0.05) is 43.3 Å². The number of hydrogen-bond donors (Lipinski definition) is 2. The van der Waals surface area contributed by atoms with E-state index < -0.39 is 0 Å². The molecule has 0 atom stereocenters. The average Bonchev–Trinajstić information content (AvgIpc) is 2.70. The minimum Gasteiger partial charge on any atom is -0.342 e. The predicted octanol–water partition coefficient (Wildman–Crippen LogP) is 2.94. The molecule has 6 nitrogen and oxygen atoms in total. The van der Waals surface area contributed by atoms with E-state index in [4.69, 9.17) is 0 Å². The minimum atomic E-state index is -0.0429. The molecule has 1 aliphatic heterocycles. The van der Waals surface area contributed by atoms with Gasteiger partial charge in [-0.1, -0.05) is 25.3 Å². The van der Waals surface area contributed by atoms with Gasteiger partial charge in [0.25, 0.3) is 0 Å². The number of urea groups is 1. The Kier molecular flexibility index (Phi) is 7.80. The molecule has 7 heteroatoms. The molecular weight excluding hydrogens is 360 g/mol. The maximum atomic E-state index is 12.4. The highest BCUT2D eigenvalue weighted by Gasteiger charge is 2.24. The summed E-state index contributed by atoms with van der Waals surface area (Å²) >= 11 is 1.63. The molecule has 0 unspecified atom stereocenters. The van der Waals surface area contributed by atoms with Crippen LogP contribution in [0.4, 0.5) is 4.79 Å². The predicted molar refractivity (Wildman–Crippen MR) is 109 cm³/mol. The molecule has 1 aromatic heterocycles. The van der Waals surface area contributed by atoms with E-state index >= 15 is 0 Å². The Morgan fingerprint density at radius 1 is 1.07 bits per heavy atom. The zero-order valence-electron chi connectivity index (χ0n) is 15.9. The number of thioether (sulfide) groups is 1. The molecule has 2 heterocycles. The second-order valence-electron chi connectivity index (χ2n) is 7.46. The molecular formula is C20H30N4O2S. The molecule has 3 amide bonds. The van der Waals surface area contributed by atoms with Crippen LogP contribution >= 0.6 is 11.8 Å². The van der Waals surface area contributed by atoms with Crippen molar-refractivity contribution in [2.45, 2.75) is 62.8 Å². The number of carbonyl (C=O) groups is 2. The minimum absolute atomic E-state index is 0.0429. The number of pyridine rings is 1. The van der Waals surface area contributed by atoms with Crippen molar-refractivity contribution in [2.24, 2.45) is 0 Å². The first kappa shape index (κ1) is 20.0. The van der Waals surface area contributed by atoms with Gasteiger partial charge in [-0.2, -0.15) is 0 Å². The lowest BCUT2D eigenvalue weighted by molar-refractivity contribution is -0.129. The van der Waals surface area contributed by atoms with Gasteiger partial charge in [-0.15, -0.1) is 11.8 Å². The molecule has 0 radical (unpaired) electrons. The van der Waals surface area contributed by atoms with Gasteiger partial charge < -0.3 is 15.5 Å². The third-order valence-electron chi connectivity index (χ3n) is 5.34. The molecule has 1 aromatic rings. The lowest BCUT2D eigenvalue weighted by atomic mass is 9.96. The zero-order chi connectivity index (χ0) is 18.9. The quantitative estimate of drug-likeness (QED) is 0.783. The largest absolute Gasteiger partial charge is 0.342 e. The topological polar surface area (TPSA) is 74.3 Å². The summed E-state index contributed by atoms with van der Waals surface area (Å²) in [5.74, 6) is 1.49. The third kappa shape index (κ3) is 6.72. The normalized spacial score (nSPS) is 18.9. The highest BCUT2D eigenvalue weighted by Crippen LogP contribution is 2.18. The Labute approximate surface area is 165 Å². The molecule has 1 aliphatic carbocycles. The number of rotatable bonds is 6. The van der Waals surface area contributed by atoms with Crippen LogP contribution in [-0.2, 0) is 10.5 Å². The summed E-state index contributed by atoms with van der Waals surface area (Å²) in [5.41, 5.74) is 1.14. The average molecular weight is 391 g/mol. The number of amides is 3. The van der Waals surface area contributed by atoms with Crippen molar-refractivity contribution < 1.29 is 9.59 Å². The van der Waals surface area contributed by atoms with Crippen molar-refractivity contribution in [1.29, 1.82) is 0 Å². The summed E-state index contributed by atoms with van der Waals surface area (Å²) in [6, 6.07) is 4.40. The van der Waals surface area contributed by atoms with Gasteiger partial charge >= 0.3 is 6.03 Å². The van der Waals surface area contributed by atoms with Crippen LogP contribution in [0.25, 0.3) is 0 Å². The fourth-order valence-electron chi connectivity index (χ4n) is 3.76. The van der Waals surface area contributed by atoms with Gasteiger partial charge in [-0.05, 0) is 37.3 Å². The Morgan fingerprint density at radius 2 is 1.78 bits per heavy atom. The van der Waals surface area contributed by atoms with Gasteiger partial charge in [0.1, 0.15) is 0 Å². The summed E-state index contributed by atoms with van der Waals surface area (Å²) in [4.78, 5) is 30.5. The maximum Gasteiger partial charge on any atom is 0.315 e. The summed E-state index contributed by atoms with van der Waals surface area (Å²) in [6.07, 6.45) is 11.2. The number of likely N-dealkylation sites (tertiary alicyclic amines) is 1. The van der Waals surface area contributed by atoms with Crippen LogP contribution in [0, 0.1) is 0 Å². The summed E-state index contributed by atoms with van der Waals surface area (Å²) in [7, 11) is 0. The van der Waals surface area contributed by atoms with Crippen molar-refractivity contribution in [3.8, 4) is 0 Å². The molecule has 148 valence electrons. The Hall–Kier alpha value is -1.76. The number of piperidine rings is 1. The van der Waals surface area contributed by atoms with Gasteiger partial charge in [0.05, 0.1) is 5.75 Å². The number of hydrogen-bond acceptors (Lipinski definition) is 4. The van der Waals surface area contributed by atoms with E-state index in [9.17, 15) is 9.59 Å². The molecule has 27 heavy (non-hydrogen) atoms. The van der Waals surface area contributed by atoms with E-state index in [2.05, 4.69) is 15.6 Å². The van der Waals surface area contributed by atoms with Crippen LogP contribution in [0.1, 0.15) is 50.5 Å². The van der Waals surface area contributed by atoms with Crippen LogP contribution in [-0.4, -0.2) is 52.7 Å². The fourth-order valence-corrected chi connectivity index (χ4v) is 4.63. The monoisotopic (exact) mass is 390 g/mol. The second kappa shape index (κ2) is 10.5. The van der Waals surface area contributed by atoms with Crippen molar-refractivity contribution in [1.82, 2.24) is 20.5 Å². The van der Waals surface area contributed by atoms with Gasteiger partial charge in [-0.3, -0.25) is 9.78 Å². The SMILES string of the molecule is O=C(NC1CCCCC1)NC1CCN(C(=O)CSCc2cccnc2)CC1. The maximum absolute atomic E-state index is 12.4. The number of nitrogens with one attached hydrogen (secondary N) is 2. The zero-order valence-corrected chi connectivity index (χ0v) is 16.7. The summed E-state index contributed by atoms with van der Waals surface area (Å²) in [5, 5.41) is 6.19. The van der Waals surface area contributed by atoms with E-state index in [0.29, 0.717) is 11.8 Å². The van der Waals surface area contributed by atoms with Crippen molar-refractivity contribution in [3.05, 3.63) is 30.1 Å². The second-order valence-corrected chi connectivity index (χ2v) is 8.45. The first-order valence-electron chi connectivity index (χ1n) is 10.0. The van der Waals surface area contributed by atoms with Crippen molar-refractivity contribution >= 4 is 23.7 Å². The van der Waals surface area contributed by atoms with Crippen LogP contribution in [0.15, 0.2) is 24.5 Å². The Bertz CT molecular complexity index is 599. The van der Waals surface area contributed by atoms with Crippen molar-refractivity contribution in [3.63, 3.8) is 0 Å². The number of carbonyl (C=O) groups excluding carboxylic acids is 2. The van der Waals surface area contributed by atoms with Crippen LogP contribution in [0.2, 0.25) is 0 Å². The molecule has 2 fully saturated rings. The van der Waals surface area contributed by atoms with Gasteiger partial charge in [0.2, 0.25) is 5.91 Å². The molecule has 0 bridgehead atoms. The molecule has 2 N–H and O–H groups in total. The van der Waals surface area contributed by atoms with E-state index in [1.807, 2.05) is 23.2 Å². The fraction of sp³-hybridized carbons (Fsp3) is 0.650. The summed E-state index contributed by atoms with van der Waals surface area (Å²) in [6.45, 7) is 1.45. The van der Waals surface area contributed by atoms with Crippen LogP contribution < -0.4 is 10.6 Å². The van der Waals surface area contributed by atoms with E-state index in [0.717, 1.165) is 50.1 Å². The van der Waals surface area contributed by atoms with Gasteiger partial charge in [0.15, 0.2) is 0 Å². The van der Waals surface area contributed by atoms with Crippen molar-refractivity contribution in [2.75, 3.05) is 18.8 Å². The smallest absolute Gasteiger partial charge is 0.315 e. The van der Waals surface area contributed by atoms with Gasteiger partial charge in [-0.25, -0.2) is 4.79 Å². The van der Waals surface area contributed by atoms with E-state index in [-0.39, 0.29) is 18.0 Å². The van der Waals surface area contributed by atoms with Crippen LogP contribution in [0.3, 0.4) is 0 Å². The van der Waals surface area contributed by atoms with Crippen LogP contribution in [0.5, 0.6) is 0 Å². The summed E-state index contributed by atoms with van der Waals surface area (Å²) < 4.78 is 0. The molecule has 0 spiro atoms. The first-order chi connectivity index (χ1) is 13.2. The molecule has 3 rings (SSSR count). The highest BCUT2D eigenvalue weighted by atomic mass is 32.2. The number of aromatic nitrogens is 1. The molecule has 2 aliphatic rings. The Morgan fingerprint density at radius 3 is 2.44 bits per heavy atom. The number of nitrogens with zero attached hydrogens (tertiary/aromatic N) is 2. The third-order valence-corrected chi connectivity index (χ3v) is 6.33. The molecule has 1 saturated carbocycles. The lowest BCUT2D eigenvalue weighted by Crippen LogP contribution is -2.51. The first-order valence-corrected chi connectivity index (χ1v) is 11.2. The Balaban J connectivity index is 1.30. The highest BCUT2D eigenvalue weighted by molar-refractivity contribution is 7.99. The molecule has 1 saturated heterocycles. The standard InChI is InChI=1S/C20H30N4O2S/c25-19(15-27-14-16-5-4-10-21-13-16)24-11-8-18(9-12-24)23-20(26)22-17-6-2-1-3-7-17/h4-5,10,13,17-18H,1-3,6-9,11-12,14-15H2,(H2,22,23,26).